The molecule has 3 aromatic rings. The highest BCUT2D eigenvalue weighted by atomic mass is 19.3. The number of ether oxygens (including phenoxy) is 1. The number of nitrogens with zero attached hydrogens (tertiary/aromatic N) is 2. The molecular formula is C22H20F3N3O3. The molecule has 1 N–H and O–H groups in total. The van der Waals surface area contributed by atoms with Crippen molar-refractivity contribution in [1.82, 2.24) is 9.78 Å². The Morgan fingerprint density at radius 3 is 2.42 bits per heavy atom. The van der Waals surface area contributed by atoms with Gasteiger partial charge in [-0.3, -0.25) is 9.59 Å². The second-order valence-electron chi connectivity index (χ2n) is 6.98. The van der Waals surface area contributed by atoms with Gasteiger partial charge in [0.1, 0.15) is 17.6 Å². The Balaban J connectivity index is 1.86. The third kappa shape index (κ3) is 4.93. The number of halogens is 3. The second-order valence-corrected chi connectivity index (χ2v) is 6.98. The Hall–Kier alpha value is -3.62. The van der Waals surface area contributed by atoms with Gasteiger partial charge in [0.25, 0.3) is 11.5 Å². The molecule has 1 unspecified atom stereocenters. The number of rotatable bonds is 6. The van der Waals surface area contributed by atoms with Crippen molar-refractivity contribution in [3.63, 3.8) is 0 Å². The van der Waals surface area contributed by atoms with Gasteiger partial charge in [0.15, 0.2) is 0 Å². The predicted molar refractivity (Wildman–Crippen MR) is 110 cm³/mol. The van der Waals surface area contributed by atoms with Crippen LogP contribution in [0.2, 0.25) is 0 Å². The molecule has 0 spiro atoms. The van der Waals surface area contributed by atoms with Crippen LogP contribution in [0.25, 0.3) is 11.3 Å². The number of hydrogen-bond donors (Lipinski definition) is 1. The van der Waals surface area contributed by atoms with Gasteiger partial charge in [-0.2, -0.15) is 5.10 Å². The standard InChI is InChI=1S/C22H20F3N3O3/c1-13(21(30)26-15-6-4-14(5-7-15)22(2,24)25)28-20(29)11-10-19(27-28)17-12-16(31-3)8-9-18(17)23/h4-13H,1-3H3,(H,26,30). The number of alkyl halides is 2. The zero-order valence-electron chi connectivity index (χ0n) is 17.0. The van der Waals surface area contributed by atoms with Crippen LogP contribution in [0.1, 0.15) is 25.5 Å². The van der Waals surface area contributed by atoms with Crippen LogP contribution in [0.15, 0.2) is 59.4 Å². The van der Waals surface area contributed by atoms with E-state index < -0.39 is 29.2 Å². The van der Waals surface area contributed by atoms with Gasteiger partial charge in [0.2, 0.25) is 5.91 Å². The molecule has 0 saturated heterocycles. The molecule has 0 aliphatic rings. The fourth-order valence-corrected chi connectivity index (χ4v) is 2.88. The molecule has 6 nitrogen and oxygen atoms in total. The lowest BCUT2D eigenvalue weighted by Gasteiger charge is -2.16. The summed E-state index contributed by atoms with van der Waals surface area (Å²) in [6, 6.07) is 10.7. The number of nitrogens with one attached hydrogen (secondary N) is 1. The van der Waals surface area contributed by atoms with Crippen LogP contribution in [-0.2, 0) is 10.7 Å². The van der Waals surface area contributed by atoms with Gasteiger partial charge in [-0.25, -0.2) is 17.9 Å². The maximum Gasteiger partial charge on any atom is 0.270 e. The quantitative estimate of drug-likeness (QED) is 0.629. The van der Waals surface area contributed by atoms with E-state index in [2.05, 4.69) is 10.4 Å². The maximum absolute atomic E-state index is 14.3. The second kappa shape index (κ2) is 8.63. The normalized spacial score (nSPS) is 12.3. The molecule has 3 rings (SSSR count). The third-order valence-electron chi connectivity index (χ3n) is 4.68. The smallest absolute Gasteiger partial charge is 0.270 e. The van der Waals surface area contributed by atoms with Crippen LogP contribution in [0.4, 0.5) is 18.9 Å². The van der Waals surface area contributed by atoms with Crippen molar-refractivity contribution < 1.29 is 22.7 Å². The van der Waals surface area contributed by atoms with Crippen molar-refractivity contribution in [2.75, 3.05) is 12.4 Å². The Morgan fingerprint density at radius 1 is 1.13 bits per heavy atom. The molecule has 0 bridgehead atoms. The fourth-order valence-electron chi connectivity index (χ4n) is 2.88. The predicted octanol–water partition coefficient (Wildman–Crippen LogP) is 4.37. The van der Waals surface area contributed by atoms with Crippen LogP contribution < -0.4 is 15.6 Å². The van der Waals surface area contributed by atoms with Crippen molar-refractivity contribution in [2.45, 2.75) is 25.8 Å². The van der Waals surface area contributed by atoms with Crippen LogP contribution in [-0.4, -0.2) is 22.8 Å². The van der Waals surface area contributed by atoms with Crippen LogP contribution >= 0.6 is 0 Å². The van der Waals surface area contributed by atoms with E-state index >= 15 is 0 Å². The third-order valence-corrected chi connectivity index (χ3v) is 4.68. The van der Waals surface area contributed by atoms with E-state index in [4.69, 9.17) is 4.74 Å². The molecule has 0 aliphatic heterocycles. The molecule has 2 aromatic carbocycles. The van der Waals surface area contributed by atoms with E-state index in [0.29, 0.717) is 5.75 Å². The van der Waals surface area contributed by atoms with E-state index in [0.717, 1.165) is 11.6 Å². The summed E-state index contributed by atoms with van der Waals surface area (Å²) >= 11 is 0. The van der Waals surface area contributed by atoms with Gasteiger partial charge in [0.05, 0.1) is 12.8 Å². The summed E-state index contributed by atoms with van der Waals surface area (Å²) in [7, 11) is 1.44. The van der Waals surface area contributed by atoms with Crippen molar-refractivity contribution >= 4 is 11.6 Å². The van der Waals surface area contributed by atoms with E-state index in [-0.39, 0.29) is 22.5 Å². The van der Waals surface area contributed by atoms with Gasteiger partial charge in [-0.05, 0) is 43.3 Å². The van der Waals surface area contributed by atoms with E-state index in [1.807, 2.05) is 0 Å². The van der Waals surface area contributed by atoms with Gasteiger partial charge in [-0.1, -0.05) is 12.1 Å². The summed E-state index contributed by atoms with van der Waals surface area (Å²) < 4.78 is 47.0. The molecule has 1 aromatic heterocycles. The first kappa shape index (κ1) is 22.1. The SMILES string of the molecule is COc1ccc(F)c(-c2ccc(=O)n(C(C)C(=O)Nc3ccc(C(C)(F)F)cc3)n2)c1. The fraction of sp³-hybridized carbons (Fsp3) is 0.227. The molecule has 1 atom stereocenters. The molecule has 1 amide bonds. The van der Waals surface area contributed by atoms with Gasteiger partial charge in [-0.15, -0.1) is 0 Å². The Bertz CT molecular complexity index is 1160. The van der Waals surface area contributed by atoms with Crippen LogP contribution in [0, 0.1) is 5.82 Å². The van der Waals surface area contributed by atoms with Crippen LogP contribution in [0.3, 0.4) is 0 Å². The average Bonchev–Trinajstić information content (AvgIpc) is 2.74. The summed E-state index contributed by atoms with van der Waals surface area (Å²) in [6.07, 6.45) is 0. The van der Waals surface area contributed by atoms with Gasteiger partial charge in [0, 0.05) is 29.8 Å². The maximum atomic E-state index is 14.3. The Morgan fingerprint density at radius 2 is 1.81 bits per heavy atom. The summed E-state index contributed by atoms with van der Waals surface area (Å²) in [6.45, 7) is 2.23. The highest BCUT2D eigenvalue weighted by Gasteiger charge is 2.24. The Kier molecular flexibility index (Phi) is 6.14. The van der Waals surface area contributed by atoms with E-state index in [1.165, 1.54) is 68.6 Å². The minimum absolute atomic E-state index is 0.108. The topological polar surface area (TPSA) is 73.2 Å². The molecule has 9 heteroatoms. The largest absolute Gasteiger partial charge is 0.497 e. The highest BCUT2D eigenvalue weighted by Crippen LogP contribution is 2.28. The first-order valence-corrected chi connectivity index (χ1v) is 9.33. The molecule has 0 saturated carbocycles. The number of benzene rings is 2. The lowest BCUT2D eigenvalue weighted by Crippen LogP contribution is -2.33. The zero-order valence-corrected chi connectivity index (χ0v) is 17.0. The number of hydrogen-bond acceptors (Lipinski definition) is 4. The van der Waals surface area contributed by atoms with Crippen molar-refractivity contribution in [2.24, 2.45) is 0 Å². The Labute approximate surface area is 176 Å². The minimum Gasteiger partial charge on any atom is -0.497 e. The first-order valence-electron chi connectivity index (χ1n) is 9.33. The number of anilines is 1. The molecule has 162 valence electrons. The monoisotopic (exact) mass is 431 g/mol. The number of carbonyl (C=O) groups is 1. The lowest BCUT2D eigenvalue weighted by atomic mass is 10.1. The number of amides is 1. The van der Waals surface area contributed by atoms with Crippen molar-refractivity contribution in [1.29, 1.82) is 0 Å². The average molecular weight is 431 g/mol. The van der Waals surface area contributed by atoms with Crippen molar-refractivity contribution in [3.8, 4) is 17.0 Å². The van der Waals surface area contributed by atoms with E-state index in [9.17, 15) is 22.8 Å². The van der Waals surface area contributed by atoms with Crippen molar-refractivity contribution in [3.05, 3.63) is 76.3 Å². The summed E-state index contributed by atoms with van der Waals surface area (Å²) in [5.74, 6) is -3.75. The molecule has 1 heterocycles. The number of aromatic nitrogens is 2. The van der Waals surface area contributed by atoms with Crippen LogP contribution in [0.5, 0.6) is 5.75 Å². The van der Waals surface area contributed by atoms with Gasteiger partial charge >= 0.3 is 0 Å². The first-order chi connectivity index (χ1) is 14.6. The number of methoxy groups -OCH3 is 1. The highest BCUT2D eigenvalue weighted by molar-refractivity contribution is 5.93. The summed E-state index contributed by atoms with van der Waals surface area (Å²) in [5, 5.41) is 6.69. The summed E-state index contributed by atoms with van der Waals surface area (Å²) in [4.78, 5) is 24.9. The number of carbonyl (C=O) groups excluding carboxylic acids is 1. The molecule has 31 heavy (non-hydrogen) atoms. The molecular weight excluding hydrogens is 411 g/mol. The zero-order chi connectivity index (χ0) is 22.8. The molecule has 0 fully saturated rings. The lowest BCUT2D eigenvalue weighted by molar-refractivity contribution is -0.119. The van der Waals surface area contributed by atoms with Gasteiger partial charge < -0.3 is 10.1 Å². The van der Waals surface area contributed by atoms with E-state index in [1.54, 1.807) is 0 Å². The molecule has 0 aliphatic carbocycles. The minimum atomic E-state index is -3.00. The molecule has 0 radical (unpaired) electrons. The summed E-state index contributed by atoms with van der Waals surface area (Å²) in [5.41, 5.74) is -0.213.